The highest BCUT2D eigenvalue weighted by molar-refractivity contribution is 6.27. The molecule has 1 aromatic carbocycles. The lowest BCUT2D eigenvalue weighted by Gasteiger charge is -2.27. The van der Waals surface area contributed by atoms with Crippen LogP contribution in [0.25, 0.3) is 0 Å². The van der Waals surface area contributed by atoms with Gasteiger partial charge in [0.05, 0.1) is 5.69 Å². The third-order valence-corrected chi connectivity index (χ3v) is 2.55. The third-order valence-electron chi connectivity index (χ3n) is 2.55. The number of Topliss-reactive ketones (excluding diaryl/α,β-unsaturated/α-hetero) is 1. The molecule has 2 rings (SSSR count). The first-order valence-electron chi connectivity index (χ1n) is 4.53. The molecule has 0 aliphatic carbocycles. The van der Waals surface area contributed by atoms with E-state index in [1.165, 1.54) is 4.90 Å². The number of carbonyl (C=O) groups excluding carboxylic acids is 3. The quantitative estimate of drug-likeness (QED) is 0.497. The number of carbonyl (C=O) groups is 3. The first-order valence-corrected chi connectivity index (χ1v) is 4.53. The second-order valence-corrected chi connectivity index (χ2v) is 3.39. The van der Waals surface area contributed by atoms with Gasteiger partial charge in [0, 0.05) is 12.6 Å². The highest BCUT2D eigenvalue weighted by Gasteiger charge is 2.37. The summed E-state index contributed by atoms with van der Waals surface area (Å²) in [6.07, 6.45) is 0.400. The molecule has 0 radical (unpaired) electrons. The zero-order valence-electron chi connectivity index (χ0n) is 8.14. The molecule has 76 valence electrons. The summed E-state index contributed by atoms with van der Waals surface area (Å²) in [6, 6.07) is 6.77. The highest BCUT2D eigenvalue weighted by Crippen LogP contribution is 2.28. The van der Waals surface area contributed by atoms with Gasteiger partial charge in [-0.3, -0.25) is 9.59 Å². The molecule has 0 aromatic heterocycles. The molecule has 1 amide bonds. The predicted molar refractivity (Wildman–Crippen MR) is 53.7 cm³/mol. The van der Waals surface area contributed by atoms with Crippen molar-refractivity contribution < 1.29 is 14.4 Å². The van der Waals surface area contributed by atoms with Gasteiger partial charge in [-0.1, -0.05) is 12.1 Å². The Balaban J connectivity index is 2.62. The Labute approximate surface area is 86.5 Å². The van der Waals surface area contributed by atoms with Crippen LogP contribution in [-0.4, -0.2) is 25.0 Å². The monoisotopic (exact) mass is 203 g/mol. The first kappa shape index (κ1) is 9.58. The fourth-order valence-electron chi connectivity index (χ4n) is 1.70. The van der Waals surface area contributed by atoms with Gasteiger partial charge in [-0.2, -0.15) is 0 Å². The van der Waals surface area contributed by atoms with Crippen LogP contribution in [0.15, 0.2) is 24.3 Å². The summed E-state index contributed by atoms with van der Waals surface area (Å²) in [5.74, 6) is -2.05. The van der Waals surface area contributed by atoms with Crippen LogP contribution in [0.1, 0.15) is 10.4 Å². The number of hydrogen-bond donors (Lipinski definition) is 0. The Bertz CT molecular complexity index is 453. The lowest BCUT2D eigenvalue weighted by atomic mass is 9.92. The van der Waals surface area contributed by atoms with Crippen LogP contribution in [0.5, 0.6) is 0 Å². The van der Waals surface area contributed by atoms with E-state index < -0.39 is 17.6 Å². The second kappa shape index (κ2) is 3.31. The van der Waals surface area contributed by atoms with Crippen molar-refractivity contribution in [3.05, 3.63) is 29.8 Å². The van der Waals surface area contributed by atoms with Gasteiger partial charge < -0.3 is 9.69 Å². The van der Waals surface area contributed by atoms with E-state index in [2.05, 4.69) is 0 Å². The lowest BCUT2D eigenvalue weighted by Crippen LogP contribution is -2.43. The van der Waals surface area contributed by atoms with Crippen LogP contribution in [-0.2, 0) is 9.59 Å². The standard InChI is InChI=1S/C11H9NO3/c1-12-9-5-3-2-4-7(9)10(14)8(6-13)11(12)15/h2-6,8H,1H3/t8-/m1/s1. The molecule has 4 nitrogen and oxygen atoms in total. The molecular formula is C11H9NO3. The van der Waals surface area contributed by atoms with Crippen LogP contribution in [0.4, 0.5) is 5.69 Å². The molecule has 0 N–H and O–H groups in total. The molecule has 15 heavy (non-hydrogen) atoms. The summed E-state index contributed by atoms with van der Waals surface area (Å²) in [4.78, 5) is 35.3. The van der Waals surface area contributed by atoms with E-state index in [1.54, 1.807) is 31.3 Å². The summed E-state index contributed by atoms with van der Waals surface area (Å²) < 4.78 is 0. The topological polar surface area (TPSA) is 54.5 Å². The maximum atomic E-state index is 11.7. The molecule has 0 fully saturated rings. The first-order chi connectivity index (χ1) is 7.16. The summed E-state index contributed by atoms with van der Waals surface area (Å²) in [6.45, 7) is 0. The number of fused-ring (bicyclic) bond motifs is 1. The molecule has 4 heteroatoms. The number of ketones is 1. The highest BCUT2D eigenvalue weighted by atomic mass is 16.2. The number of anilines is 1. The average Bonchev–Trinajstić information content (AvgIpc) is 2.27. The zero-order chi connectivity index (χ0) is 11.0. The number of aldehydes is 1. The molecule has 0 spiro atoms. The van der Waals surface area contributed by atoms with Crippen LogP contribution >= 0.6 is 0 Å². The van der Waals surface area contributed by atoms with Gasteiger partial charge in [-0.05, 0) is 12.1 Å². The van der Waals surface area contributed by atoms with E-state index in [-0.39, 0.29) is 0 Å². The normalized spacial score (nSPS) is 20.1. The smallest absolute Gasteiger partial charge is 0.244 e. The van der Waals surface area contributed by atoms with Crippen LogP contribution < -0.4 is 4.90 Å². The van der Waals surface area contributed by atoms with Gasteiger partial charge in [-0.25, -0.2) is 0 Å². The van der Waals surface area contributed by atoms with Crippen LogP contribution in [0.3, 0.4) is 0 Å². The maximum Gasteiger partial charge on any atom is 0.244 e. The minimum atomic E-state index is -1.18. The van der Waals surface area contributed by atoms with E-state index in [0.717, 1.165) is 0 Å². The van der Waals surface area contributed by atoms with Crippen molar-refractivity contribution in [2.75, 3.05) is 11.9 Å². The van der Waals surface area contributed by atoms with Crippen molar-refractivity contribution in [1.82, 2.24) is 0 Å². The van der Waals surface area contributed by atoms with E-state index in [0.29, 0.717) is 17.5 Å². The van der Waals surface area contributed by atoms with Crippen LogP contribution in [0, 0.1) is 5.92 Å². The van der Waals surface area contributed by atoms with Gasteiger partial charge in [-0.15, -0.1) is 0 Å². The van der Waals surface area contributed by atoms with Gasteiger partial charge in [0.2, 0.25) is 5.91 Å². The number of hydrogen-bond acceptors (Lipinski definition) is 3. The van der Waals surface area contributed by atoms with Crippen molar-refractivity contribution in [2.24, 2.45) is 5.92 Å². The number of nitrogens with zero attached hydrogens (tertiary/aromatic N) is 1. The van der Waals surface area contributed by atoms with E-state index in [4.69, 9.17) is 0 Å². The zero-order valence-corrected chi connectivity index (χ0v) is 8.14. The largest absolute Gasteiger partial charge is 0.314 e. The Kier molecular flexibility index (Phi) is 2.11. The fourth-order valence-corrected chi connectivity index (χ4v) is 1.70. The Morgan fingerprint density at radius 1 is 1.27 bits per heavy atom. The minimum absolute atomic E-state index is 0.400. The molecule has 0 bridgehead atoms. The summed E-state index contributed by atoms with van der Waals surface area (Å²) in [5, 5.41) is 0. The van der Waals surface area contributed by atoms with Crippen molar-refractivity contribution in [1.29, 1.82) is 0 Å². The SMILES string of the molecule is CN1C(=O)[C@H](C=O)C(=O)c2ccccc21. The molecular weight excluding hydrogens is 194 g/mol. The molecule has 1 aliphatic rings. The van der Waals surface area contributed by atoms with Crippen molar-refractivity contribution in [3.8, 4) is 0 Å². The molecule has 1 heterocycles. The molecule has 1 aromatic rings. The number of benzene rings is 1. The van der Waals surface area contributed by atoms with Gasteiger partial charge in [0.25, 0.3) is 0 Å². The van der Waals surface area contributed by atoms with Gasteiger partial charge >= 0.3 is 0 Å². The second-order valence-electron chi connectivity index (χ2n) is 3.39. The van der Waals surface area contributed by atoms with Crippen molar-refractivity contribution in [3.63, 3.8) is 0 Å². The minimum Gasteiger partial charge on any atom is -0.314 e. The predicted octanol–water partition coefficient (Wildman–Crippen LogP) is 0.661. The fraction of sp³-hybridized carbons (Fsp3) is 0.182. The molecule has 1 atom stereocenters. The number of rotatable bonds is 1. The van der Waals surface area contributed by atoms with Crippen molar-refractivity contribution in [2.45, 2.75) is 0 Å². The van der Waals surface area contributed by atoms with Crippen molar-refractivity contribution >= 4 is 23.7 Å². The Morgan fingerprint density at radius 3 is 2.60 bits per heavy atom. The molecule has 0 unspecified atom stereocenters. The molecule has 0 saturated carbocycles. The van der Waals surface area contributed by atoms with Gasteiger partial charge in [0.15, 0.2) is 11.7 Å². The Morgan fingerprint density at radius 2 is 1.93 bits per heavy atom. The molecule has 1 aliphatic heterocycles. The van der Waals surface area contributed by atoms with Crippen LogP contribution in [0.2, 0.25) is 0 Å². The van der Waals surface area contributed by atoms with Gasteiger partial charge in [0.1, 0.15) is 6.29 Å². The van der Waals surface area contributed by atoms with E-state index in [9.17, 15) is 14.4 Å². The third kappa shape index (κ3) is 1.26. The average molecular weight is 203 g/mol. The Hall–Kier alpha value is -1.97. The van der Waals surface area contributed by atoms with E-state index in [1.807, 2.05) is 0 Å². The summed E-state index contributed by atoms with van der Waals surface area (Å²) >= 11 is 0. The van der Waals surface area contributed by atoms with E-state index >= 15 is 0 Å². The molecule has 0 saturated heterocycles. The summed E-state index contributed by atoms with van der Waals surface area (Å²) in [5.41, 5.74) is 0.988. The maximum absolute atomic E-state index is 11.7. The summed E-state index contributed by atoms with van der Waals surface area (Å²) in [7, 11) is 1.56. The number of para-hydroxylation sites is 1. The lowest BCUT2D eigenvalue weighted by molar-refractivity contribution is -0.125. The number of amides is 1.